The Hall–Kier alpha value is -1.76. The van der Waals surface area contributed by atoms with Crippen LogP contribution in [0.4, 0.5) is 4.39 Å². The number of benzene rings is 1. The third kappa shape index (κ3) is 3.93. The second-order valence-corrected chi connectivity index (χ2v) is 7.75. The highest BCUT2D eigenvalue weighted by Gasteiger charge is 2.38. The van der Waals surface area contributed by atoms with Gasteiger partial charge in [0.1, 0.15) is 5.82 Å². The Kier molecular flexibility index (Phi) is 5.30. The largest absolute Gasteiger partial charge is 0.381 e. The third-order valence-electron chi connectivity index (χ3n) is 5.98. The lowest BCUT2D eigenvalue weighted by Gasteiger charge is -2.43. The SMILES string of the molecule is Cc1nn(-c2ccc(F)cc2)c(C)c1CNC1CCOC2(CCOCC2)C1. The number of nitrogens with zero attached hydrogens (tertiary/aromatic N) is 2. The third-order valence-corrected chi connectivity index (χ3v) is 5.98. The molecule has 1 unspecified atom stereocenters. The maximum atomic E-state index is 13.2. The van der Waals surface area contributed by atoms with Crippen molar-refractivity contribution in [3.05, 3.63) is 47.0 Å². The van der Waals surface area contributed by atoms with Crippen LogP contribution in [-0.4, -0.2) is 41.2 Å². The van der Waals surface area contributed by atoms with Crippen molar-refractivity contribution in [1.29, 1.82) is 0 Å². The summed E-state index contributed by atoms with van der Waals surface area (Å²) in [7, 11) is 0. The van der Waals surface area contributed by atoms with Crippen LogP contribution < -0.4 is 5.32 Å². The van der Waals surface area contributed by atoms with Crippen LogP contribution in [0.25, 0.3) is 5.69 Å². The molecule has 3 heterocycles. The lowest BCUT2D eigenvalue weighted by atomic mass is 9.84. The molecule has 4 rings (SSSR count). The molecule has 6 heteroatoms. The van der Waals surface area contributed by atoms with Gasteiger partial charge in [-0.15, -0.1) is 0 Å². The van der Waals surface area contributed by atoms with Crippen molar-refractivity contribution < 1.29 is 13.9 Å². The summed E-state index contributed by atoms with van der Waals surface area (Å²) in [5.41, 5.74) is 4.20. The Morgan fingerprint density at radius 2 is 1.93 bits per heavy atom. The van der Waals surface area contributed by atoms with E-state index in [1.54, 1.807) is 12.1 Å². The van der Waals surface area contributed by atoms with Crippen molar-refractivity contribution in [2.75, 3.05) is 19.8 Å². The molecule has 0 saturated carbocycles. The normalized spacial score (nSPS) is 22.3. The fourth-order valence-corrected chi connectivity index (χ4v) is 4.30. The molecule has 0 aliphatic carbocycles. The van der Waals surface area contributed by atoms with Gasteiger partial charge in [0.25, 0.3) is 0 Å². The fraction of sp³-hybridized carbons (Fsp3) is 0.571. The zero-order chi connectivity index (χ0) is 18.9. The second kappa shape index (κ2) is 7.70. The van der Waals surface area contributed by atoms with E-state index in [-0.39, 0.29) is 11.4 Å². The standard InChI is InChI=1S/C21H28FN3O2/c1-15-20(16(2)25(24-15)19-5-3-17(22)4-6-19)14-23-18-7-10-27-21(13-18)8-11-26-12-9-21/h3-6,18,23H,7-14H2,1-2H3. The van der Waals surface area contributed by atoms with Gasteiger partial charge in [0.15, 0.2) is 0 Å². The molecule has 2 aliphatic rings. The number of aryl methyl sites for hydroxylation is 1. The number of hydrogen-bond acceptors (Lipinski definition) is 4. The maximum Gasteiger partial charge on any atom is 0.123 e. The van der Waals surface area contributed by atoms with Crippen molar-refractivity contribution in [3.8, 4) is 5.69 Å². The molecular weight excluding hydrogens is 345 g/mol. The molecule has 1 N–H and O–H groups in total. The minimum atomic E-state index is -0.233. The first-order valence-electron chi connectivity index (χ1n) is 9.82. The quantitative estimate of drug-likeness (QED) is 0.892. The van der Waals surface area contributed by atoms with E-state index in [1.807, 2.05) is 11.6 Å². The average molecular weight is 373 g/mol. The summed E-state index contributed by atoms with van der Waals surface area (Å²) in [4.78, 5) is 0. The summed E-state index contributed by atoms with van der Waals surface area (Å²) in [5.74, 6) is -0.233. The number of ether oxygens (including phenoxy) is 2. The Morgan fingerprint density at radius 3 is 2.67 bits per heavy atom. The van der Waals surface area contributed by atoms with E-state index in [1.165, 1.54) is 17.7 Å². The Bertz CT molecular complexity index is 776. The maximum absolute atomic E-state index is 13.2. The smallest absolute Gasteiger partial charge is 0.123 e. The lowest BCUT2D eigenvalue weighted by molar-refractivity contribution is -0.140. The van der Waals surface area contributed by atoms with Crippen molar-refractivity contribution in [2.24, 2.45) is 0 Å². The van der Waals surface area contributed by atoms with E-state index in [9.17, 15) is 4.39 Å². The van der Waals surface area contributed by atoms with Gasteiger partial charge < -0.3 is 14.8 Å². The lowest BCUT2D eigenvalue weighted by Crippen LogP contribution is -2.49. The highest BCUT2D eigenvalue weighted by atomic mass is 19.1. The minimum absolute atomic E-state index is 0.00342. The molecule has 2 saturated heterocycles. The fourth-order valence-electron chi connectivity index (χ4n) is 4.30. The van der Waals surface area contributed by atoms with Crippen LogP contribution in [0.15, 0.2) is 24.3 Å². The number of nitrogens with one attached hydrogen (secondary N) is 1. The molecule has 2 aromatic rings. The van der Waals surface area contributed by atoms with Gasteiger partial charge in [0.2, 0.25) is 0 Å². The topological polar surface area (TPSA) is 48.3 Å². The average Bonchev–Trinajstić information content (AvgIpc) is 2.95. The number of aromatic nitrogens is 2. The number of hydrogen-bond donors (Lipinski definition) is 1. The van der Waals surface area contributed by atoms with Gasteiger partial charge in [-0.25, -0.2) is 9.07 Å². The van der Waals surface area contributed by atoms with Crippen LogP contribution in [0.5, 0.6) is 0 Å². The van der Waals surface area contributed by atoms with Gasteiger partial charge in [-0.1, -0.05) is 0 Å². The Morgan fingerprint density at radius 1 is 1.19 bits per heavy atom. The summed E-state index contributed by atoms with van der Waals surface area (Å²) in [6.45, 7) is 7.31. The van der Waals surface area contributed by atoms with Gasteiger partial charge in [0, 0.05) is 43.7 Å². The summed E-state index contributed by atoms with van der Waals surface area (Å²) >= 11 is 0. The Balaban J connectivity index is 1.44. The first kappa shape index (κ1) is 18.6. The monoisotopic (exact) mass is 373 g/mol. The molecule has 0 radical (unpaired) electrons. The molecule has 2 aliphatic heterocycles. The van der Waals surface area contributed by atoms with Crippen LogP contribution >= 0.6 is 0 Å². The first-order chi connectivity index (χ1) is 13.1. The van der Waals surface area contributed by atoms with Gasteiger partial charge >= 0.3 is 0 Å². The highest BCUT2D eigenvalue weighted by Crippen LogP contribution is 2.34. The minimum Gasteiger partial charge on any atom is -0.381 e. The summed E-state index contributed by atoms with van der Waals surface area (Å²) < 4.78 is 26.8. The molecule has 1 spiro atoms. The summed E-state index contributed by atoms with van der Waals surface area (Å²) in [6.07, 6.45) is 4.06. The van der Waals surface area contributed by atoms with Crippen molar-refractivity contribution in [2.45, 2.75) is 57.7 Å². The Labute approximate surface area is 159 Å². The van der Waals surface area contributed by atoms with Crippen molar-refractivity contribution in [1.82, 2.24) is 15.1 Å². The molecule has 5 nitrogen and oxygen atoms in total. The van der Waals surface area contributed by atoms with E-state index in [4.69, 9.17) is 9.47 Å². The van der Waals surface area contributed by atoms with E-state index in [2.05, 4.69) is 17.3 Å². The zero-order valence-electron chi connectivity index (χ0n) is 16.1. The number of halogens is 1. The molecule has 1 atom stereocenters. The van der Waals surface area contributed by atoms with E-state index < -0.39 is 0 Å². The molecule has 0 amide bonds. The number of rotatable bonds is 4. The first-order valence-corrected chi connectivity index (χ1v) is 9.82. The summed E-state index contributed by atoms with van der Waals surface area (Å²) in [5, 5.41) is 8.40. The van der Waals surface area contributed by atoms with Crippen LogP contribution in [0.3, 0.4) is 0 Å². The zero-order valence-corrected chi connectivity index (χ0v) is 16.1. The molecule has 2 fully saturated rings. The predicted molar refractivity (Wildman–Crippen MR) is 102 cm³/mol. The van der Waals surface area contributed by atoms with Crippen LogP contribution in [0.2, 0.25) is 0 Å². The molecule has 27 heavy (non-hydrogen) atoms. The van der Waals surface area contributed by atoms with E-state index in [0.717, 1.165) is 69.1 Å². The van der Waals surface area contributed by atoms with Gasteiger partial charge in [-0.05, 0) is 63.8 Å². The van der Waals surface area contributed by atoms with Crippen molar-refractivity contribution >= 4 is 0 Å². The van der Waals surface area contributed by atoms with Crippen molar-refractivity contribution in [3.63, 3.8) is 0 Å². The van der Waals surface area contributed by atoms with Crippen LogP contribution in [-0.2, 0) is 16.0 Å². The molecule has 146 valence electrons. The van der Waals surface area contributed by atoms with E-state index in [0.29, 0.717) is 6.04 Å². The van der Waals surface area contributed by atoms with Crippen LogP contribution in [0, 0.1) is 19.7 Å². The molecule has 1 aromatic carbocycles. The van der Waals surface area contributed by atoms with Gasteiger partial charge in [-0.2, -0.15) is 5.10 Å². The molecule has 0 bridgehead atoms. The highest BCUT2D eigenvalue weighted by molar-refractivity contribution is 5.37. The van der Waals surface area contributed by atoms with E-state index >= 15 is 0 Å². The second-order valence-electron chi connectivity index (χ2n) is 7.75. The molecular formula is C21H28FN3O2. The van der Waals surface area contributed by atoms with Crippen LogP contribution in [0.1, 0.15) is 42.6 Å². The van der Waals surface area contributed by atoms with Gasteiger partial charge in [0.05, 0.1) is 17.0 Å². The summed E-state index contributed by atoms with van der Waals surface area (Å²) in [6, 6.07) is 6.92. The van der Waals surface area contributed by atoms with Gasteiger partial charge in [-0.3, -0.25) is 0 Å². The predicted octanol–water partition coefficient (Wildman–Crippen LogP) is 3.45. The molecule has 1 aromatic heterocycles.